The molecule has 0 aliphatic carbocycles. The maximum absolute atomic E-state index is 14.3. The number of aromatic amines is 1. The molecular formula is C25H21ClFN3O2. The van der Waals surface area contributed by atoms with E-state index in [2.05, 4.69) is 4.98 Å². The van der Waals surface area contributed by atoms with Crippen LogP contribution in [0.25, 0.3) is 10.9 Å². The van der Waals surface area contributed by atoms with Gasteiger partial charge in [0.2, 0.25) is 5.56 Å². The zero-order chi connectivity index (χ0) is 22.8. The Morgan fingerprint density at radius 1 is 0.969 bits per heavy atom. The molecule has 1 N–H and O–H groups in total. The minimum absolute atomic E-state index is 0.0647. The van der Waals surface area contributed by atoms with E-state index < -0.39 is 11.4 Å². The number of amides is 1. The third kappa shape index (κ3) is 4.36. The van der Waals surface area contributed by atoms with Crippen molar-refractivity contribution < 1.29 is 9.18 Å². The van der Waals surface area contributed by atoms with Gasteiger partial charge < -0.3 is 14.8 Å². The van der Waals surface area contributed by atoms with Crippen molar-refractivity contribution >= 4 is 39.8 Å². The summed E-state index contributed by atoms with van der Waals surface area (Å²) in [5.74, 6) is -0.790. The van der Waals surface area contributed by atoms with Gasteiger partial charge >= 0.3 is 0 Å². The highest BCUT2D eigenvalue weighted by Crippen LogP contribution is 2.27. The van der Waals surface area contributed by atoms with Crippen molar-refractivity contribution in [2.24, 2.45) is 0 Å². The normalized spacial score (nSPS) is 10.9. The van der Waals surface area contributed by atoms with Crippen molar-refractivity contribution in [3.05, 3.63) is 105 Å². The fraction of sp³-hybridized carbons (Fsp3) is 0.120. The number of carbonyl (C=O) groups excluding carboxylic acids is 1. The van der Waals surface area contributed by atoms with Gasteiger partial charge in [0, 0.05) is 47.5 Å². The molecule has 5 nitrogen and oxygen atoms in total. The van der Waals surface area contributed by atoms with Crippen LogP contribution in [0, 0.1) is 5.82 Å². The third-order valence-electron chi connectivity index (χ3n) is 5.22. The molecule has 0 bridgehead atoms. The molecular weight excluding hydrogens is 429 g/mol. The van der Waals surface area contributed by atoms with Crippen LogP contribution < -0.4 is 15.4 Å². The molecule has 0 atom stereocenters. The van der Waals surface area contributed by atoms with Crippen molar-refractivity contribution in [1.82, 2.24) is 4.98 Å². The van der Waals surface area contributed by atoms with E-state index >= 15 is 0 Å². The Morgan fingerprint density at radius 2 is 1.69 bits per heavy atom. The Kier molecular flexibility index (Phi) is 5.97. The number of nitrogens with zero attached hydrogens (tertiary/aromatic N) is 2. The number of fused-ring (bicyclic) bond motifs is 1. The van der Waals surface area contributed by atoms with Gasteiger partial charge in [-0.05, 0) is 48.0 Å². The fourth-order valence-electron chi connectivity index (χ4n) is 3.61. The summed E-state index contributed by atoms with van der Waals surface area (Å²) in [5, 5.41) is 1.01. The van der Waals surface area contributed by atoms with E-state index in [1.807, 2.05) is 31.1 Å². The minimum atomic E-state index is -0.527. The number of hydrogen-bond acceptors (Lipinski definition) is 3. The lowest BCUT2D eigenvalue weighted by atomic mass is 10.1. The molecule has 0 spiro atoms. The highest BCUT2D eigenvalue weighted by molar-refractivity contribution is 6.31. The number of rotatable bonds is 5. The molecule has 0 fully saturated rings. The molecule has 0 saturated carbocycles. The van der Waals surface area contributed by atoms with Crippen molar-refractivity contribution in [1.29, 1.82) is 0 Å². The lowest BCUT2D eigenvalue weighted by Crippen LogP contribution is -2.31. The lowest BCUT2D eigenvalue weighted by Gasteiger charge is -2.25. The van der Waals surface area contributed by atoms with Crippen LogP contribution >= 0.6 is 11.6 Å². The first kappa shape index (κ1) is 21.6. The molecule has 7 heteroatoms. The Labute approximate surface area is 189 Å². The largest absolute Gasteiger partial charge is 0.378 e. The Bertz CT molecular complexity index is 1370. The minimum Gasteiger partial charge on any atom is -0.378 e. The number of H-pyrrole nitrogens is 1. The number of carbonyl (C=O) groups is 1. The zero-order valence-electron chi connectivity index (χ0n) is 17.6. The van der Waals surface area contributed by atoms with E-state index in [1.165, 1.54) is 12.1 Å². The van der Waals surface area contributed by atoms with Gasteiger partial charge in [0.25, 0.3) is 5.91 Å². The standard InChI is InChI=1S/C25H21ClFN3O2/c1-29(2)19-8-3-6-16(12-19)25(32)30(20-9-4-7-18(26)14-20)15-17-13-23(31)28-24-21(17)10-5-11-22(24)27/h3-14H,15H2,1-2H3,(H,28,31). The molecule has 3 aromatic carbocycles. The summed E-state index contributed by atoms with van der Waals surface area (Å²) in [6.45, 7) is 0.0647. The molecule has 4 rings (SSSR count). The van der Waals surface area contributed by atoms with E-state index in [-0.39, 0.29) is 18.0 Å². The Morgan fingerprint density at radius 3 is 2.44 bits per heavy atom. The van der Waals surface area contributed by atoms with Crippen LogP contribution in [0.3, 0.4) is 0 Å². The summed E-state index contributed by atoms with van der Waals surface area (Å²) >= 11 is 6.20. The number of benzene rings is 3. The van der Waals surface area contributed by atoms with Crippen LogP contribution in [0.4, 0.5) is 15.8 Å². The quantitative estimate of drug-likeness (QED) is 0.453. The van der Waals surface area contributed by atoms with Gasteiger partial charge in [-0.15, -0.1) is 0 Å². The van der Waals surface area contributed by atoms with Gasteiger partial charge in [-0.2, -0.15) is 0 Å². The third-order valence-corrected chi connectivity index (χ3v) is 5.45. The molecule has 0 aliphatic rings. The molecule has 4 aromatic rings. The van der Waals surface area contributed by atoms with Crippen LogP contribution in [0.1, 0.15) is 15.9 Å². The van der Waals surface area contributed by atoms with Gasteiger partial charge in [0.05, 0.1) is 12.1 Å². The SMILES string of the molecule is CN(C)c1cccc(C(=O)N(Cc2cc(=O)[nH]c3c(F)cccc23)c2cccc(Cl)c2)c1. The molecule has 0 saturated heterocycles. The van der Waals surface area contributed by atoms with Gasteiger partial charge in [0.1, 0.15) is 5.82 Å². The summed E-state index contributed by atoms with van der Waals surface area (Å²) in [7, 11) is 3.80. The highest BCUT2D eigenvalue weighted by atomic mass is 35.5. The molecule has 0 unspecified atom stereocenters. The molecule has 0 aliphatic heterocycles. The van der Waals surface area contributed by atoms with Gasteiger partial charge in [-0.25, -0.2) is 4.39 Å². The fourth-order valence-corrected chi connectivity index (χ4v) is 3.80. The molecule has 162 valence electrons. The maximum atomic E-state index is 14.3. The van der Waals surface area contributed by atoms with Crippen LogP contribution in [-0.4, -0.2) is 25.0 Å². The summed E-state index contributed by atoms with van der Waals surface area (Å²) in [5.41, 5.74) is 2.14. The number of para-hydroxylation sites is 1. The van der Waals surface area contributed by atoms with Crippen molar-refractivity contribution in [3.63, 3.8) is 0 Å². The summed E-state index contributed by atoms with van der Waals surface area (Å²) < 4.78 is 14.3. The van der Waals surface area contributed by atoms with Crippen molar-refractivity contribution in [2.45, 2.75) is 6.54 Å². The number of hydrogen-bond donors (Lipinski definition) is 1. The predicted octanol–water partition coefficient (Wildman–Crippen LogP) is 5.23. The zero-order valence-corrected chi connectivity index (χ0v) is 18.4. The monoisotopic (exact) mass is 449 g/mol. The number of pyridine rings is 1. The second-order valence-electron chi connectivity index (χ2n) is 7.64. The number of aromatic nitrogens is 1. The van der Waals surface area contributed by atoms with Crippen LogP contribution in [-0.2, 0) is 6.54 Å². The number of nitrogens with one attached hydrogen (secondary N) is 1. The first-order valence-electron chi connectivity index (χ1n) is 9.99. The molecule has 1 amide bonds. The molecule has 1 heterocycles. The molecule has 1 aromatic heterocycles. The van der Waals surface area contributed by atoms with E-state index in [1.54, 1.807) is 53.4 Å². The first-order chi connectivity index (χ1) is 15.3. The highest BCUT2D eigenvalue weighted by Gasteiger charge is 2.21. The topological polar surface area (TPSA) is 56.4 Å². The van der Waals surface area contributed by atoms with E-state index in [9.17, 15) is 14.0 Å². The van der Waals surface area contributed by atoms with Gasteiger partial charge in [0.15, 0.2) is 0 Å². The Hall–Kier alpha value is -3.64. The average Bonchev–Trinajstić information content (AvgIpc) is 2.77. The van der Waals surface area contributed by atoms with Crippen molar-refractivity contribution in [3.8, 4) is 0 Å². The lowest BCUT2D eigenvalue weighted by molar-refractivity contribution is 0.0985. The molecule has 32 heavy (non-hydrogen) atoms. The van der Waals surface area contributed by atoms with E-state index in [4.69, 9.17) is 11.6 Å². The second-order valence-corrected chi connectivity index (χ2v) is 8.07. The Balaban J connectivity index is 1.84. The van der Waals surface area contributed by atoms with E-state index in [0.717, 1.165) is 5.69 Å². The summed E-state index contributed by atoms with van der Waals surface area (Å²) in [4.78, 5) is 31.9. The van der Waals surface area contributed by atoms with Crippen molar-refractivity contribution in [2.75, 3.05) is 23.9 Å². The van der Waals surface area contributed by atoms with Crippen LogP contribution in [0.5, 0.6) is 0 Å². The predicted molar refractivity (Wildman–Crippen MR) is 127 cm³/mol. The average molecular weight is 450 g/mol. The van der Waals surface area contributed by atoms with E-state index in [0.29, 0.717) is 27.2 Å². The van der Waals surface area contributed by atoms with Gasteiger partial charge in [-0.3, -0.25) is 9.59 Å². The summed E-state index contributed by atoms with van der Waals surface area (Å²) in [6.07, 6.45) is 0. The second kappa shape index (κ2) is 8.85. The summed E-state index contributed by atoms with van der Waals surface area (Å²) in [6, 6.07) is 20.2. The van der Waals surface area contributed by atoms with Crippen LogP contribution in [0.2, 0.25) is 5.02 Å². The smallest absolute Gasteiger partial charge is 0.258 e. The van der Waals surface area contributed by atoms with Gasteiger partial charge in [-0.1, -0.05) is 35.9 Å². The molecule has 0 radical (unpaired) electrons. The number of anilines is 2. The maximum Gasteiger partial charge on any atom is 0.258 e. The first-order valence-corrected chi connectivity index (χ1v) is 10.4. The number of halogens is 2. The van der Waals surface area contributed by atoms with Crippen LogP contribution in [0.15, 0.2) is 77.6 Å².